The molecule has 0 saturated heterocycles. The fourth-order valence-corrected chi connectivity index (χ4v) is 6.72. The van der Waals surface area contributed by atoms with Crippen molar-refractivity contribution in [2.45, 2.75) is 25.7 Å². The highest BCUT2D eigenvalue weighted by molar-refractivity contribution is 7.86. The summed E-state index contributed by atoms with van der Waals surface area (Å²) < 4.78 is 75.9. The van der Waals surface area contributed by atoms with Crippen LogP contribution in [0.2, 0.25) is 0 Å². The van der Waals surface area contributed by atoms with E-state index in [4.69, 9.17) is 18.6 Å². The average Bonchev–Trinajstić information content (AvgIpc) is 3.14. The van der Waals surface area contributed by atoms with Crippen molar-refractivity contribution in [3.8, 4) is 56.0 Å². The van der Waals surface area contributed by atoms with Crippen LogP contribution < -0.4 is 9.47 Å². The second kappa shape index (κ2) is 17.4. The zero-order chi connectivity index (χ0) is 37.1. The molecule has 0 fully saturated rings. The van der Waals surface area contributed by atoms with Gasteiger partial charge in [0.2, 0.25) is 0 Å². The Kier molecular flexibility index (Phi) is 12.7. The maximum Gasteiger partial charge on any atom is 0.264 e. The number of unbranched alkanes of at least 4 members (excludes halogenated alkanes) is 2. The van der Waals surface area contributed by atoms with Gasteiger partial charge in [-0.25, -0.2) is 0 Å². The predicted molar refractivity (Wildman–Crippen MR) is 201 cm³/mol. The molecule has 0 aliphatic heterocycles. The standard InChI is InChI=1S/C40H38O10S2/c41-27-29-5-9-31(10-6-29)33-13-17-35(18-14-33)37-26-40(50-22-2-4-24-52(46,47)48)38(25-39(37)49-21-1-3-23-51(43,44)45)36-19-15-34(16-20-36)32-11-7-30(28-42)8-12-32/h5-20,25-28H,1-4,21-24H2,(H,43,44,45)(H,46,47,48). The van der Waals surface area contributed by atoms with Gasteiger partial charge >= 0.3 is 0 Å². The van der Waals surface area contributed by atoms with E-state index < -0.39 is 20.2 Å². The lowest BCUT2D eigenvalue weighted by Gasteiger charge is -2.19. The van der Waals surface area contributed by atoms with Crippen LogP contribution in [0, 0.1) is 0 Å². The molecule has 0 radical (unpaired) electrons. The van der Waals surface area contributed by atoms with Gasteiger partial charge in [-0.3, -0.25) is 18.7 Å². The molecular formula is C40H38O10S2. The topological polar surface area (TPSA) is 161 Å². The van der Waals surface area contributed by atoms with Gasteiger partial charge in [0.05, 0.1) is 24.7 Å². The third-order valence-electron chi connectivity index (χ3n) is 8.34. The number of hydrogen-bond donors (Lipinski definition) is 2. The largest absolute Gasteiger partial charge is 0.493 e. The molecule has 0 unspecified atom stereocenters. The second-order valence-electron chi connectivity index (χ2n) is 12.2. The highest BCUT2D eigenvalue weighted by atomic mass is 32.2. The highest BCUT2D eigenvalue weighted by Crippen LogP contribution is 2.42. The van der Waals surface area contributed by atoms with Gasteiger partial charge in [0.25, 0.3) is 20.2 Å². The monoisotopic (exact) mass is 742 g/mol. The van der Waals surface area contributed by atoms with E-state index in [0.29, 0.717) is 46.6 Å². The molecule has 0 aliphatic rings. The molecule has 2 N–H and O–H groups in total. The first-order valence-corrected chi connectivity index (χ1v) is 19.8. The number of carbonyl (C=O) groups excluding carboxylic acids is 2. The molecule has 0 amide bonds. The summed E-state index contributed by atoms with van der Waals surface area (Å²) in [6.45, 7) is 0.351. The minimum atomic E-state index is -4.10. The molecule has 0 aromatic heterocycles. The van der Waals surface area contributed by atoms with Gasteiger partial charge in [-0.15, -0.1) is 0 Å². The molecule has 12 heteroatoms. The van der Waals surface area contributed by atoms with E-state index >= 15 is 0 Å². The molecule has 0 aliphatic carbocycles. The second-order valence-corrected chi connectivity index (χ2v) is 15.3. The third kappa shape index (κ3) is 10.9. The van der Waals surface area contributed by atoms with Crippen molar-refractivity contribution in [1.29, 1.82) is 0 Å². The van der Waals surface area contributed by atoms with E-state index in [1.807, 2.05) is 84.9 Å². The first-order valence-electron chi connectivity index (χ1n) is 16.6. The zero-order valence-electron chi connectivity index (χ0n) is 28.2. The average molecular weight is 743 g/mol. The Morgan fingerprint density at radius 2 is 0.731 bits per heavy atom. The van der Waals surface area contributed by atoms with Crippen molar-refractivity contribution in [1.82, 2.24) is 0 Å². The molecule has 0 spiro atoms. The lowest BCUT2D eigenvalue weighted by molar-refractivity contribution is 0.111. The van der Waals surface area contributed by atoms with Crippen molar-refractivity contribution >= 4 is 32.8 Å². The van der Waals surface area contributed by atoms with Gasteiger partial charge in [0.15, 0.2) is 0 Å². The van der Waals surface area contributed by atoms with Crippen molar-refractivity contribution in [3.63, 3.8) is 0 Å². The summed E-state index contributed by atoms with van der Waals surface area (Å²) in [7, 11) is -8.20. The molecule has 52 heavy (non-hydrogen) atoms. The summed E-state index contributed by atoms with van der Waals surface area (Å²) in [4.78, 5) is 22.2. The van der Waals surface area contributed by atoms with E-state index in [9.17, 15) is 26.4 Å². The first-order chi connectivity index (χ1) is 24.9. The maximum absolute atomic E-state index is 11.3. The van der Waals surface area contributed by atoms with Crippen LogP contribution in [0.5, 0.6) is 11.5 Å². The number of benzene rings is 5. The van der Waals surface area contributed by atoms with E-state index in [-0.39, 0.29) is 37.6 Å². The Bertz CT molecular complexity index is 2030. The smallest absolute Gasteiger partial charge is 0.264 e. The Morgan fingerprint density at radius 1 is 0.442 bits per heavy atom. The summed E-state index contributed by atoms with van der Waals surface area (Å²) >= 11 is 0. The Morgan fingerprint density at radius 3 is 1.02 bits per heavy atom. The molecule has 0 atom stereocenters. The minimum absolute atomic E-state index is 0.175. The molecule has 5 aromatic rings. The number of ether oxygens (including phenoxy) is 2. The van der Waals surface area contributed by atoms with Crippen LogP contribution in [-0.4, -0.2) is 63.2 Å². The summed E-state index contributed by atoms with van der Waals surface area (Å²) in [6, 6.07) is 33.7. The quantitative estimate of drug-likeness (QED) is 0.0510. The van der Waals surface area contributed by atoms with E-state index in [2.05, 4.69) is 0 Å². The predicted octanol–water partition coefficient (Wildman–Crippen LogP) is 8.07. The number of carbonyl (C=O) groups is 2. The number of hydrogen-bond acceptors (Lipinski definition) is 8. The number of aldehydes is 2. The van der Waals surface area contributed by atoms with Gasteiger partial charge in [-0.2, -0.15) is 16.8 Å². The van der Waals surface area contributed by atoms with E-state index in [1.165, 1.54) is 0 Å². The Labute approximate surface area is 303 Å². The van der Waals surface area contributed by atoms with Crippen LogP contribution in [0.4, 0.5) is 0 Å². The van der Waals surface area contributed by atoms with Crippen molar-refractivity contribution < 1.29 is 45.0 Å². The first kappa shape index (κ1) is 38.1. The lowest BCUT2D eigenvalue weighted by Crippen LogP contribution is -2.07. The lowest BCUT2D eigenvalue weighted by atomic mass is 9.95. The van der Waals surface area contributed by atoms with E-state index in [1.54, 1.807) is 24.3 Å². The third-order valence-corrected chi connectivity index (χ3v) is 9.95. The van der Waals surface area contributed by atoms with Gasteiger partial charge in [-0.1, -0.05) is 97.1 Å². The normalized spacial score (nSPS) is 11.6. The fraction of sp³-hybridized carbons (Fsp3) is 0.200. The van der Waals surface area contributed by atoms with Crippen LogP contribution in [0.15, 0.2) is 109 Å². The summed E-state index contributed by atoms with van der Waals surface area (Å²) in [6.07, 6.45) is 2.73. The fourth-order valence-electron chi connectivity index (χ4n) is 5.58. The Balaban J connectivity index is 1.51. The van der Waals surface area contributed by atoms with Gasteiger partial charge in [-0.05, 0) is 71.2 Å². The molecule has 270 valence electrons. The summed E-state index contributed by atoms with van der Waals surface area (Å²) in [5.74, 6) is 0.269. The molecule has 5 rings (SSSR count). The van der Waals surface area contributed by atoms with Gasteiger partial charge < -0.3 is 9.47 Å². The molecule has 0 bridgehead atoms. The number of rotatable bonds is 18. The van der Waals surface area contributed by atoms with Crippen molar-refractivity contribution in [2.75, 3.05) is 24.7 Å². The zero-order valence-corrected chi connectivity index (χ0v) is 29.8. The SMILES string of the molecule is O=Cc1ccc(-c2ccc(-c3cc(OCCCCS(=O)(=O)O)c(-c4ccc(-c5ccc(C=O)cc5)cc4)cc3OCCCCS(=O)(=O)O)cc2)cc1. The molecular weight excluding hydrogens is 705 g/mol. The highest BCUT2D eigenvalue weighted by Gasteiger charge is 2.17. The minimum Gasteiger partial charge on any atom is -0.493 e. The summed E-state index contributed by atoms with van der Waals surface area (Å²) in [5, 5.41) is 0. The van der Waals surface area contributed by atoms with Crippen LogP contribution in [0.25, 0.3) is 44.5 Å². The molecule has 0 saturated carbocycles. The van der Waals surface area contributed by atoms with Crippen LogP contribution in [0.3, 0.4) is 0 Å². The summed E-state index contributed by atoms with van der Waals surface area (Å²) in [5.41, 5.74) is 7.88. The van der Waals surface area contributed by atoms with E-state index in [0.717, 1.165) is 46.0 Å². The molecule has 10 nitrogen and oxygen atoms in total. The maximum atomic E-state index is 11.3. The molecule has 5 aromatic carbocycles. The van der Waals surface area contributed by atoms with Crippen molar-refractivity contribution in [3.05, 3.63) is 120 Å². The van der Waals surface area contributed by atoms with Gasteiger partial charge in [0.1, 0.15) is 24.1 Å². The van der Waals surface area contributed by atoms with Crippen molar-refractivity contribution in [2.24, 2.45) is 0 Å². The molecule has 0 heterocycles. The van der Waals surface area contributed by atoms with Crippen LogP contribution in [0.1, 0.15) is 46.4 Å². The van der Waals surface area contributed by atoms with Crippen LogP contribution >= 0.6 is 0 Å². The van der Waals surface area contributed by atoms with Gasteiger partial charge in [0, 0.05) is 22.3 Å². The Hall–Kier alpha value is -5.14. The van der Waals surface area contributed by atoms with Crippen LogP contribution in [-0.2, 0) is 20.2 Å².